The third-order valence-corrected chi connectivity index (χ3v) is 4.37. The van der Waals surface area contributed by atoms with Gasteiger partial charge in [0.25, 0.3) is 0 Å². The number of benzene rings is 1. The standard InChI is InChI=1S/C18H29N/c1-5-14-9-11-15(12-10-14)17-8-6-7-16(17)13-19-18(2,3)4/h9-12,16-17,19H,5-8,13H2,1-4H3. The van der Waals surface area contributed by atoms with E-state index in [1.54, 1.807) is 5.56 Å². The second-order valence-corrected chi connectivity index (χ2v) is 7.02. The number of hydrogen-bond donors (Lipinski definition) is 1. The van der Waals surface area contributed by atoms with Crippen LogP contribution in [0.5, 0.6) is 0 Å². The lowest BCUT2D eigenvalue weighted by atomic mass is 9.88. The largest absolute Gasteiger partial charge is 0.312 e. The summed E-state index contributed by atoms with van der Waals surface area (Å²) in [5, 5.41) is 3.69. The highest BCUT2D eigenvalue weighted by molar-refractivity contribution is 5.26. The van der Waals surface area contributed by atoms with E-state index < -0.39 is 0 Å². The van der Waals surface area contributed by atoms with Crippen molar-refractivity contribution in [2.24, 2.45) is 5.92 Å². The molecule has 2 atom stereocenters. The Morgan fingerprint density at radius 2 is 1.79 bits per heavy atom. The Morgan fingerprint density at radius 1 is 1.11 bits per heavy atom. The van der Waals surface area contributed by atoms with Crippen LogP contribution in [0.2, 0.25) is 0 Å². The average molecular weight is 259 g/mol. The van der Waals surface area contributed by atoms with Crippen LogP contribution < -0.4 is 5.32 Å². The summed E-state index contributed by atoms with van der Waals surface area (Å²) >= 11 is 0. The summed E-state index contributed by atoms with van der Waals surface area (Å²) in [6.45, 7) is 10.2. The van der Waals surface area contributed by atoms with Gasteiger partial charge in [0.1, 0.15) is 0 Å². The number of rotatable bonds is 4. The van der Waals surface area contributed by atoms with E-state index in [1.807, 2.05) is 0 Å². The summed E-state index contributed by atoms with van der Waals surface area (Å²) in [6, 6.07) is 9.33. The van der Waals surface area contributed by atoms with Crippen molar-refractivity contribution in [2.75, 3.05) is 6.54 Å². The first-order valence-electron chi connectivity index (χ1n) is 7.83. The van der Waals surface area contributed by atoms with Crippen LogP contribution in [0, 0.1) is 5.92 Å². The second-order valence-electron chi connectivity index (χ2n) is 7.02. The fraction of sp³-hybridized carbons (Fsp3) is 0.667. The lowest BCUT2D eigenvalue weighted by Gasteiger charge is -2.26. The molecule has 1 nitrogen and oxygen atoms in total. The van der Waals surface area contributed by atoms with Gasteiger partial charge in [0, 0.05) is 5.54 Å². The van der Waals surface area contributed by atoms with Gasteiger partial charge in [-0.25, -0.2) is 0 Å². The van der Waals surface area contributed by atoms with Gasteiger partial charge in [0.05, 0.1) is 0 Å². The van der Waals surface area contributed by atoms with E-state index in [2.05, 4.69) is 57.3 Å². The predicted molar refractivity (Wildman–Crippen MR) is 83.7 cm³/mol. The van der Waals surface area contributed by atoms with Gasteiger partial charge >= 0.3 is 0 Å². The molecule has 1 aliphatic carbocycles. The third kappa shape index (κ3) is 4.07. The molecule has 19 heavy (non-hydrogen) atoms. The van der Waals surface area contributed by atoms with E-state index in [0.29, 0.717) is 0 Å². The van der Waals surface area contributed by atoms with Crippen molar-refractivity contribution in [3.05, 3.63) is 35.4 Å². The Hall–Kier alpha value is -0.820. The summed E-state index contributed by atoms with van der Waals surface area (Å²) in [4.78, 5) is 0. The topological polar surface area (TPSA) is 12.0 Å². The van der Waals surface area contributed by atoms with Crippen LogP contribution in [-0.4, -0.2) is 12.1 Å². The first kappa shape index (κ1) is 14.6. The summed E-state index contributed by atoms with van der Waals surface area (Å²) in [6.07, 6.45) is 5.27. The minimum absolute atomic E-state index is 0.235. The van der Waals surface area contributed by atoms with Crippen LogP contribution in [0.4, 0.5) is 0 Å². The zero-order chi connectivity index (χ0) is 13.9. The van der Waals surface area contributed by atoms with E-state index >= 15 is 0 Å². The fourth-order valence-corrected chi connectivity index (χ4v) is 3.16. The molecular formula is C18H29N. The Bertz CT molecular complexity index is 385. The first-order chi connectivity index (χ1) is 8.99. The maximum absolute atomic E-state index is 3.69. The first-order valence-corrected chi connectivity index (χ1v) is 7.83. The van der Waals surface area contributed by atoms with Crippen molar-refractivity contribution in [1.29, 1.82) is 0 Å². The lowest BCUT2D eigenvalue weighted by molar-refractivity contribution is 0.356. The van der Waals surface area contributed by atoms with Crippen LogP contribution in [0.15, 0.2) is 24.3 Å². The highest BCUT2D eigenvalue weighted by Gasteiger charge is 2.29. The Labute approximate surface area is 118 Å². The van der Waals surface area contributed by atoms with Crippen LogP contribution in [0.25, 0.3) is 0 Å². The SMILES string of the molecule is CCc1ccc(C2CCCC2CNC(C)(C)C)cc1. The minimum atomic E-state index is 0.235. The summed E-state index contributed by atoms with van der Waals surface area (Å²) in [5.74, 6) is 1.58. The van der Waals surface area contributed by atoms with Gasteiger partial charge in [-0.1, -0.05) is 37.6 Å². The van der Waals surface area contributed by atoms with E-state index in [0.717, 1.165) is 24.8 Å². The van der Waals surface area contributed by atoms with Crippen molar-refractivity contribution in [2.45, 2.75) is 64.8 Å². The molecule has 0 spiro atoms. The minimum Gasteiger partial charge on any atom is -0.312 e. The number of hydrogen-bond acceptors (Lipinski definition) is 1. The quantitative estimate of drug-likeness (QED) is 0.838. The molecule has 1 aromatic carbocycles. The molecule has 0 bridgehead atoms. The van der Waals surface area contributed by atoms with Crippen molar-refractivity contribution in [1.82, 2.24) is 5.32 Å². The van der Waals surface area contributed by atoms with Crippen molar-refractivity contribution in [3.63, 3.8) is 0 Å². The summed E-state index contributed by atoms with van der Waals surface area (Å²) in [7, 11) is 0. The van der Waals surface area contributed by atoms with Gasteiger partial charge in [-0.2, -0.15) is 0 Å². The smallest absolute Gasteiger partial charge is 0.00966 e. The zero-order valence-corrected chi connectivity index (χ0v) is 13.0. The highest BCUT2D eigenvalue weighted by atomic mass is 14.9. The summed E-state index contributed by atoms with van der Waals surface area (Å²) in [5.41, 5.74) is 3.24. The van der Waals surface area contributed by atoms with E-state index in [-0.39, 0.29) is 5.54 Å². The molecule has 1 N–H and O–H groups in total. The average Bonchev–Trinajstić information content (AvgIpc) is 2.84. The predicted octanol–water partition coefficient (Wildman–Crippen LogP) is 4.52. The Kier molecular flexibility index (Phi) is 4.67. The maximum Gasteiger partial charge on any atom is 0.00966 e. The van der Waals surface area contributed by atoms with Gasteiger partial charge < -0.3 is 5.32 Å². The molecule has 2 rings (SSSR count). The molecule has 0 heterocycles. The molecule has 0 aromatic heterocycles. The molecule has 0 amide bonds. The summed E-state index contributed by atoms with van der Waals surface area (Å²) < 4.78 is 0. The molecule has 0 aliphatic heterocycles. The number of nitrogens with one attached hydrogen (secondary N) is 1. The Morgan fingerprint density at radius 3 is 2.37 bits per heavy atom. The molecule has 1 aliphatic rings. The van der Waals surface area contributed by atoms with Crippen molar-refractivity contribution < 1.29 is 0 Å². The van der Waals surface area contributed by atoms with Gasteiger partial charge in [-0.3, -0.25) is 0 Å². The van der Waals surface area contributed by atoms with E-state index in [1.165, 1.54) is 24.8 Å². The maximum atomic E-state index is 3.69. The molecule has 0 saturated heterocycles. The third-order valence-electron chi connectivity index (χ3n) is 4.37. The van der Waals surface area contributed by atoms with E-state index in [4.69, 9.17) is 0 Å². The van der Waals surface area contributed by atoms with Crippen molar-refractivity contribution >= 4 is 0 Å². The van der Waals surface area contributed by atoms with Crippen LogP contribution in [-0.2, 0) is 6.42 Å². The van der Waals surface area contributed by atoms with Gasteiger partial charge in [0.2, 0.25) is 0 Å². The molecule has 106 valence electrons. The molecular weight excluding hydrogens is 230 g/mol. The van der Waals surface area contributed by atoms with Gasteiger partial charge in [0.15, 0.2) is 0 Å². The second kappa shape index (κ2) is 6.09. The molecule has 1 heteroatoms. The Balaban J connectivity index is 2.01. The van der Waals surface area contributed by atoms with Crippen molar-refractivity contribution in [3.8, 4) is 0 Å². The fourth-order valence-electron chi connectivity index (χ4n) is 3.16. The van der Waals surface area contributed by atoms with Crippen LogP contribution in [0.3, 0.4) is 0 Å². The zero-order valence-electron chi connectivity index (χ0n) is 13.0. The van der Waals surface area contributed by atoms with Gasteiger partial charge in [-0.05, 0) is 69.5 Å². The number of aryl methyl sites for hydroxylation is 1. The van der Waals surface area contributed by atoms with Gasteiger partial charge in [-0.15, -0.1) is 0 Å². The lowest BCUT2D eigenvalue weighted by Crippen LogP contribution is -2.39. The highest BCUT2D eigenvalue weighted by Crippen LogP contribution is 2.39. The van der Waals surface area contributed by atoms with E-state index in [9.17, 15) is 0 Å². The monoisotopic (exact) mass is 259 g/mol. The molecule has 1 saturated carbocycles. The molecule has 1 fully saturated rings. The van der Waals surface area contributed by atoms with Crippen LogP contribution >= 0.6 is 0 Å². The molecule has 1 aromatic rings. The molecule has 0 radical (unpaired) electrons. The molecule has 2 unspecified atom stereocenters. The normalized spacial score (nSPS) is 23.8. The van der Waals surface area contributed by atoms with Crippen LogP contribution in [0.1, 0.15) is 64.0 Å².